The van der Waals surface area contributed by atoms with Gasteiger partial charge in [0, 0.05) is 2.74 Å². The highest BCUT2D eigenvalue weighted by Crippen LogP contribution is 2.19. The Kier molecular flexibility index (Phi) is 6.31. The van der Waals surface area contributed by atoms with Crippen molar-refractivity contribution in [1.29, 1.82) is 0 Å². The summed E-state index contributed by atoms with van der Waals surface area (Å²) in [5.74, 6) is 0. The van der Waals surface area contributed by atoms with E-state index in [0.717, 1.165) is 12.8 Å². The minimum Gasteiger partial charge on any atom is -0.0654 e. The van der Waals surface area contributed by atoms with E-state index in [1.165, 1.54) is 6.42 Å². The van der Waals surface area contributed by atoms with Crippen molar-refractivity contribution in [2.75, 3.05) is 0 Å². The maximum Gasteiger partial charge on any atom is 0.0264 e. The monoisotopic (exact) mass is 202 g/mol. The molecule has 0 aliphatic rings. The Balaban J connectivity index is 0. The molecule has 0 saturated heterocycles. The van der Waals surface area contributed by atoms with Crippen LogP contribution in [0.1, 0.15) is 83.8 Å². The van der Waals surface area contributed by atoms with Crippen molar-refractivity contribution in [2.24, 2.45) is 10.8 Å². The Bertz CT molecular complexity index is 149. The Hall–Kier alpha value is 0. The zero-order valence-electron chi connectivity index (χ0n) is 13.4. The molecule has 0 saturated carbocycles. The first kappa shape index (κ1) is 12.1. The van der Waals surface area contributed by atoms with Gasteiger partial charge < -0.3 is 0 Å². The van der Waals surface area contributed by atoms with Crippen LogP contribution in [-0.2, 0) is 0 Å². The molecule has 0 rings (SSSR count). The molecule has 0 heterocycles. The van der Waals surface area contributed by atoms with Gasteiger partial charge in [-0.15, -0.1) is 0 Å². The molecule has 0 aliphatic carbocycles. The van der Waals surface area contributed by atoms with Crippen molar-refractivity contribution >= 4 is 0 Å². The maximum absolute atomic E-state index is 7.23. The van der Waals surface area contributed by atoms with E-state index in [-0.39, 0.29) is 6.40 Å². The normalized spacial score (nSPS) is 16.2. The molecule has 0 aromatic carbocycles. The Morgan fingerprint density at radius 1 is 0.929 bits per heavy atom. The first-order valence-electron chi connectivity index (χ1n) is 6.98. The van der Waals surface area contributed by atoms with Gasteiger partial charge in [0.25, 0.3) is 0 Å². The van der Waals surface area contributed by atoms with Crippen LogP contribution in [0.3, 0.4) is 0 Å². The lowest BCUT2D eigenvalue weighted by atomic mass is 9.91. The lowest BCUT2D eigenvalue weighted by molar-refractivity contribution is 0.373. The molecule has 0 N–H and O–H groups in total. The molecule has 0 amide bonds. The second-order valence-electron chi connectivity index (χ2n) is 6.34. The molecule has 88 valence electrons. The van der Waals surface area contributed by atoms with Gasteiger partial charge in [0.1, 0.15) is 0 Å². The highest BCUT2D eigenvalue weighted by atomic mass is 14.1. The van der Waals surface area contributed by atoms with E-state index in [4.69, 9.17) is 2.74 Å². The molecule has 0 aromatic rings. The molecule has 0 nitrogen and oxygen atoms in total. The molecular weight excluding hydrogens is 168 g/mol. The lowest BCUT2D eigenvalue weighted by Gasteiger charge is -2.15. The predicted octanol–water partition coefficient (Wildman–Crippen LogP) is 5.67. The summed E-state index contributed by atoms with van der Waals surface area (Å²) in [6.45, 7) is 15.6. The number of hydrogen-bond donors (Lipinski definition) is 0. The molecule has 0 aromatic heterocycles. The molecule has 1 atom stereocenters. The molecule has 0 bridgehead atoms. The highest BCUT2D eigenvalue weighted by Gasteiger charge is 2.06. The van der Waals surface area contributed by atoms with Gasteiger partial charge in [-0.3, -0.25) is 0 Å². The highest BCUT2D eigenvalue weighted by molar-refractivity contribution is 4.58. The summed E-state index contributed by atoms with van der Waals surface area (Å²) in [6.07, 6.45) is 3.31. The summed E-state index contributed by atoms with van der Waals surface area (Å²) in [5, 5.41) is 0. The van der Waals surface area contributed by atoms with Gasteiger partial charge >= 0.3 is 0 Å². The molecule has 0 fully saturated rings. The summed E-state index contributed by atoms with van der Waals surface area (Å²) in [4.78, 5) is 0. The van der Waals surface area contributed by atoms with Crippen LogP contribution in [0.5, 0.6) is 0 Å². The van der Waals surface area contributed by atoms with Gasteiger partial charge in [0.2, 0.25) is 0 Å². The average molecular weight is 202 g/mol. The molecule has 0 aliphatic heterocycles. The van der Waals surface area contributed by atoms with Crippen LogP contribution in [0, 0.1) is 10.8 Å². The Morgan fingerprint density at radius 3 is 1.43 bits per heavy atom. The van der Waals surface area contributed by atoms with Crippen molar-refractivity contribution < 1.29 is 2.74 Å². The van der Waals surface area contributed by atoms with Gasteiger partial charge in [-0.2, -0.15) is 0 Å². The van der Waals surface area contributed by atoms with Gasteiger partial charge in [-0.1, -0.05) is 68.2 Å². The Morgan fingerprint density at radius 2 is 1.36 bits per heavy atom. The molecule has 1 unspecified atom stereocenters. The van der Waals surface area contributed by atoms with E-state index in [1.807, 2.05) is 6.92 Å². The minimum absolute atomic E-state index is 0.0926. The fourth-order valence-electron chi connectivity index (χ4n) is 1.14. The quantitative estimate of drug-likeness (QED) is 0.541. The zero-order chi connectivity index (χ0) is 13.4. The summed E-state index contributed by atoms with van der Waals surface area (Å²) in [6, 6.07) is 0. The molecule has 0 heteroatoms. The van der Waals surface area contributed by atoms with Gasteiger partial charge in [-0.25, -0.2) is 0 Å². The van der Waals surface area contributed by atoms with Gasteiger partial charge in [0.15, 0.2) is 0 Å². The van der Waals surface area contributed by atoms with Gasteiger partial charge in [0.05, 0.1) is 0 Å². The third-order valence-electron chi connectivity index (χ3n) is 1.74. The van der Waals surface area contributed by atoms with E-state index in [9.17, 15) is 0 Å². The third kappa shape index (κ3) is 22.7. The number of rotatable bonds is 2. The van der Waals surface area contributed by atoms with Crippen molar-refractivity contribution in [3.8, 4) is 0 Å². The maximum atomic E-state index is 7.23. The Labute approximate surface area is 95.3 Å². The van der Waals surface area contributed by atoms with Gasteiger partial charge in [-0.05, 0) is 23.7 Å². The van der Waals surface area contributed by atoms with Crippen LogP contribution >= 0.6 is 0 Å². The first-order valence-corrected chi connectivity index (χ1v) is 5.69. The molecule has 0 spiro atoms. The van der Waals surface area contributed by atoms with Crippen LogP contribution in [0.2, 0.25) is 0 Å². The van der Waals surface area contributed by atoms with Crippen molar-refractivity contribution in [3.63, 3.8) is 0 Å². The van der Waals surface area contributed by atoms with Crippen molar-refractivity contribution in [1.82, 2.24) is 0 Å². The third-order valence-corrected chi connectivity index (χ3v) is 1.74. The zero-order valence-corrected chi connectivity index (χ0v) is 11.4. The van der Waals surface area contributed by atoms with Crippen LogP contribution in [0.25, 0.3) is 0 Å². The minimum atomic E-state index is 0.0926. The van der Waals surface area contributed by atoms with Crippen LogP contribution in [0.4, 0.5) is 0 Å². The van der Waals surface area contributed by atoms with Crippen molar-refractivity contribution in [2.45, 2.75) is 81.0 Å². The van der Waals surface area contributed by atoms with Crippen LogP contribution < -0.4 is 0 Å². The first-order chi connectivity index (χ1) is 6.98. The van der Waals surface area contributed by atoms with E-state index >= 15 is 0 Å². The molecule has 0 radical (unpaired) electrons. The summed E-state index contributed by atoms with van der Waals surface area (Å²) in [5.41, 5.74) is 0.766. The topological polar surface area (TPSA) is 0 Å². The molecule has 14 heavy (non-hydrogen) atoms. The second kappa shape index (κ2) is 7.31. The van der Waals surface area contributed by atoms with E-state index in [1.54, 1.807) is 0 Å². The fourth-order valence-corrected chi connectivity index (χ4v) is 1.14. The largest absolute Gasteiger partial charge is 0.0654 e. The van der Waals surface area contributed by atoms with Crippen LogP contribution in [0.15, 0.2) is 0 Å². The standard InChI is InChI=1S/2C7H16/c2*1-5-6-7(2,3)4/h2*5-6H2,1-4H3/i5D;1D. The average Bonchev–Trinajstić information content (AvgIpc) is 1.95. The van der Waals surface area contributed by atoms with Crippen molar-refractivity contribution in [3.05, 3.63) is 0 Å². The number of hydrogen-bond acceptors (Lipinski definition) is 0. The summed E-state index contributed by atoms with van der Waals surface area (Å²) < 4.78 is 14.1. The predicted molar refractivity (Wildman–Crippen MR) is 68.7 cm³/mol. The van der Waals surface area contributed by atoms with E-state index in [0.29, 0.717) is 17.7 Å². The van der Waals surface area contributed by atoms with E-state index < -0.39 is 0 Å². The lowest BCUT2D eigenvalue weighted by Crippen LogP contribution is -2.02. The SMILES string of the molecule is [2H]C(C)CC(C)(C)C.[2H]CCCC(C)(C)C. The smallest absolute Gasteiger partial charge is 0.0264 e. The van der Waals surface area contributed by atoms with Crippen LogP contribution in [-0.4, -0.2) is 0 Å². The second-order valence-corrected chi connectivity index (χ2v) is 6.34. The van der Waals surface area contributed by atoms with E-state index in [2.05, 4.69) is 41.5 Å². The summed E-state index contributed by atoms with van der Waals surface area (Å²) in [7, 11) is 0. The fraction of sp³-hybridized carbons (Fsp3) is 1.00. The summed E-state index contributed by atoms with van der Waals surface area (Å²) >= 11 is 0. The molecular formula is C14H32.